The first-order chi connectivity index (χ1) is 8.50. The molecule has 0 aromatic carbocycles. The van der Waals surface area contributed by atoms with E-state index in [1.807, 2.05) is 13.8 Å². The molecule has 0 unspecified atom stereocenters. The smallest absolute Gasteiger partial charge is 0.332 e. The number of carboxylic acids is 1. The first kappa shape index (κ1) is 16.0. The Kier molecular flexibility index (Phi) is 4.61. The average molecular weight is 271 g/mol. The van der Waals surface area contributed by atoms with Crippen molar-refractivity contribution in [3.63, 3.8) is 0 Å². The summed E-state index contributed by atoms with van der Waals surface area (Å²) >= 11 is 0. The summed E-state index contributed by atoms with van der Waals surface area (Å²) in [5, 5.41) is 11.8. The molecular weight excluding hydrogens is 246 g/mol. The van der Waals surface area contributed by atoms with Gasteiger partial charge in [0.2, 0.25) is 5.91 Å². The van der Waals surface area contributed by atoms with Crippen molar-refractivity contribution in [2.24, 2.45) is 5.41 Å². The number of nitrogens with one attached hydrogen (secondary N) is 1. The van der Waals surface area contributed by atoms with Crippen molar-refractivity contribution in [3.8, 4) is 0 Å². The lowest BCUT2D eigenvalue weighted by molar-refractivity contribution is -0.152. The van der Waals surface area contributed by atoms with Crippen LogP contribution >= 0.6 is 0 Å². The minimum atomic E-state index is -0.996. The molecule has 1 saturated heterocycles. The van der Waals surface area contributed by atoms with Crippen molar-refractivity contribution >= 4 is 11.9 Å². The maximum absolute atomic E-state index is 12.1. The second-order valence-corrected chi connectivity index (χ2v) is 7.14. The Bertz CT molecular complexity index is 357. The molecule has 1 heterocycles. The molecule has 0 spiro atoms. The van der Waals surface area contributed by atoms with Gasteiger partial charge in [-0.25, -0.2) is 4.79 Å². The van der Waals surface area contributed by atoms with Crippen molar-refractivity contribution in [2.45, 2.75) is 71.6 Å². The van der Waals surface area contributed by atoms with Crippen LogP contribution in [0.5, 0.6) is 0 Å². The lowest BCUT2D eigenvalue weighted by atomic mass is 9.81. The molecule has 0 aromatic heterocycles. The maximum atomic E-state index is 12.1. The van der Waals surface area contributed by atoms with Gasteiger partial charge >= 0.3 is 5.97 Å². The molecule has 1 amide bonds. The summed E-state index contributed by atoms with van der Waals surface area (Å²) in [5.41, 5.74) is -0.225. The van der Waals surface area contributed by atoms with Crippen LogP contribution in [-0.4, -0.2) is 34.7 Å². The predicted molar refractivity (Wildman–Crippen MR) is 71.8 cm³/mol. The first-order valence-corrected chi connectivity index (χ1v) is 6.70. The Morgan fingerprint density at radius 2 is 1.68 bits per heavy atom. The van der Waals surface area contributed by atoms with Gasteiger partial charge in [-0.1, -0.05) is 20.8 Å². The van der Waals surface area contributed by atoms with Crippen LogP contribution in [0.1, 0.15) is 53.9 Å². The van der Waals surface area contributed by atoms with Crippen LogP contribution in [0.3, 0.4) is 0 Å². The molecule has 1 fully saturated rings. The number of amides is 1. The highest BCUT2D eigenvalue weighted by Crippen LogP contribution is 2.27. The van der Waals surface area contributed by atoms with Gasteiger partial charge < -0.3 is 15.2 Å². The normalized spacial score (nSPS) is 24.3. The number of carboxylic acid groups (broad SMARTS) is 1. The van der Waals surface area contributed by atoms with Gasteiger partial charge in [-0.15, -0.1) is 0 Å². The van der Waals surface area contributed by atoms with E-state index >= 15 is 0 Å². The summed E-state index contributed by atoms with van der Waals surface area (Å²) in [6, 6.07) is 0. The van der Waals surface area contributed by atoms with E-state index in [0.29, 0.717) is 12.8 Å². The first-order valence-electron chi connectivity index (χ1n) is 6.70. The standard InChI is InChI=1S/C14H25NO4/c1-13(2,3)8-14(4,5)15-11(16)9-6-7-10(19-9)12(17)18/h9-10H,6-8H2,1-5H3,(H,15,16)(H,17,18)/t9-,10+/m0/s1. The van der Waals surface area contributed by atoms with Crippen LogP contribution in [0.2, 0.25) is 0 Å². The third-order valence-electron chi connectivity index (χ3n) is 3.02. The van der Waals surface area contributed by atoms with Crippen LogP contribution < -0.4 is 5.32 Å². The molecule has 0 radical (unpaired) electrons. The van der Waals surface area contributed by atoms with Crippen molar-refractivity contribution < 1.29 is 19.4 Å². The largest absolute Gasteiger partial charge is 0.479 e. The predicted octanol–water partition coefficient (Wildman–Crippen LogP) is 1.95. The molecular formula is C14H25NO4. The molecule has 1 aliphatic heterocycles. The highest BCUT2D eigenvalue weighted by molar-refractivity contribution is 5.83. The third-order valence-corrected chi connectivity index (χ3v) is 3.02. The highest BCUT2D eigenvalue weighted by atomic mass is 16.5. The number of carbonyl (C=O) groups excluding carboxylic acids is 1. The van der Waals surface area contributed by atoms with Gasteiger partial charge in [0.15, 0.2) is 6.10 Å². The molecule has 0 saturated carbocycles. The van der Waals surface area contributed by atoms with E-state index in [9.17, 15) is 9.59 Å². The summed E-state index contributed by atoms with van der Waals surface area (Å²) in [5.74, 6) is -1.21. The Morgan fingerprint density at radius 3 is 2.11 bits per heavy atom. The molecule has 110 valence electrons. The highest BCUT2D eigenvalue weighted by Gasteiger charge is 2.37. The number of carbonyl (C=O) groups is 2. The van der Waals surface area contributed by atoms with Crippen LogP contribution in [0.15, 0.2) is 0 Å². The second kappa shape index (κ2) is 5.49. The van der Waals surface area contributed by atoms with Crippen LogP contribution in [0.25, 0.3) is 0 Å². The molecule has 2 N–H and O–H groups in total. The zero-order chi connectivity index (χ0) is 14.8. The van der Waals surface area contributed by atoms with E-state index in [4.69, 9.17) is 9.84 Å². The average Bonchev–Trinajstić information content (AvgIpc) is 2.60. The molecule has 2 atom stereocenters. The molecule has 0 aromatic rings. The lowest BCUT2D eigenvalue weighted by Crippen LogP contribution is -2.49. The molecule has 1 aliphatic rings. The van der Waals surface area contributed by atoms with Gasteiger partial charge in [0.25, 0.3) is 0 Å². The molecule has 19 heavy (non-hydrogen) atoms. The van der Waals surface area contributed by atoms with Crippen molar-refractivity contribution in [1.29, 1.82) is 0 Å². The summed E-state index contributed by atoms with van der Waals surface area (Å²) in [7, 11) is 0. The fourth-order valence-corrected chi connectivity index (χ4v) is 2.80. The SMILES string of the molecule is CC(C)(C)CC(C)(C)NC(=O)[C@@H]1CC[C@H](C(=O)O)O1. The van der Waals surface area contributed by atoms with E-state index in [0.717, 1.165) is 6.42 Å². The Labute approximate surface area is 114 Å². The van der Waals surface area contributed by atoms with Crippen molar-refractivity contribution in [1.82, 2.24) is 5.32 Å². The minimum absolute atomic E-state index is 0.108. The van der Waals surface area contributed by atoms with Crippen LogP contribution in [0.4, 0.5) is 0 Å². The molecule has 1 rings (SSSR count). The zero-order valence-corrected chi connectivity index (χ0v) is 12.4. The van der Waals surface area contributed by atoms with E-state index in [1.165, 1.54) is 0 Å². The fraction of sp³-hybridized carbons (Fsp3) is 0.857. The minimum Gasteiger partial charge on any atom is -0.479 e. The van der Waals surface area contributed by atoms with Gasteiger partial charge in [0, 0.05) is 5.54 Å². The Hall–Kier alpha value is -1.10. The summed E-state index contributed by atoms with van der Waals surface area (Å²) < 4.78 is 5.25. The third kappa shape index (κ3) is 5.19. The van der Waals surface area contributed by atoms with E-state index in [2.05, 4.69) is 26.1 Å². The second-order valence-electron chi connectivity index (χ2n) is 7.14. The van der Waals surface area contributed by atoms with E-state index < -0.39 is 18.2 Å². The van der Waals surface area contributed by atoms with Crippen molar-refractivity contribution in [2.75, 3.05) is 0 Å². The number of rotatable bonds is 4. The number of aliphatic carboxylic acids is 1. The molecule has 0 bridgehead atoms. The van der Waals surface area contributed by atoms with E-state index in [1.54, 1.807) is 0 Å². The Morgan fingerprint density at radius 1 is 1.16 bits per heavy atom. The summed E-state index contributed by atoms with van der Waals surface area (Å²) in [4.78, 5) is 22.9. The number of hydrogen-bond donors (Lipinski definition) is 2. The lowest BCUT2D eigenvalue weighted by Gasteiger charge is -2.34. The quantitative estimate of drug-likeness (QED) is 0.819. The van der Waals surface area contributed by atoms with Gasteiger partial charge in [0.05, 0.1) is 0 Å². The molecule has 5 nitrogen and oxygen atoms in total. The summed E-state index contributed by atoms with van der Waals surface area (Å²) in [6.45, 7) is 10.3. The van der Waals surface area contributed by atoms with Gasteiger partial charge in [-0.2, -0.15) is 0 Å². The van der Waals surface area contributed by atoms with E-state index in [-0.39, 0.29) is 16.9 Å². The molecule has 0 aliphatic carbocycles. The fourth-order valence-electron chi connectivity index (χ4n) is 2.80. The molecule has 5 heteroatoms. The van der Waals surface area contributed by atoms with Gasteiger partial charge in [-0.05, 0) is 38.5 Å². The van der Waals surface area contributed by atoms with Crippen molar-refractivity contribution in [3.05, 3.63) is 0 Å². The number of ether oxygens (including phenoxy) is 1. The Balaban J connectivity index is 2.54. The monoisotopic (exact) mass is 271 g/mol. The topological polar surface area (TPSA) is 75.6 Å². The maximum Gasteiger partial charge on any atom is 0.332 e. The van der Waals surface area contributed by atoms with Gasteiger partial charge in [-0.3, -0.25) is 4.79 Å². The zero-order valence-electron chi connectivity index (χ0n) is 12.4. The van der Waals surface area contributed by atoms with Gasteiger partial charge in [0.1, 0.15) is 6.10 Å². The summed E-state index contributed by atoms with van der Waals surface area (Å²) in [6.07, 6.45) is 0.212. The van der Waals surface area contributed by atoms with Crippen LogP contribution in [0, 0.1) is 5.41 Å². The number of hydrogen-bond acceptors (Lipinski definition) is 3. The van der Waals surface area contributed by atoms with Crippen LogP contribution in [-0.2, 0) is 14.3 Å².